The highest BCUT2D eigenvalue weighted by molar-refractivity contribution is 9.10. The van der Waals surface area contributed by atoms with Gasteiger partial charge in [0.2, 0.25) is 0 Å². The third kappa shape index (κ3) is 3.39. The summed E-state index contributed by atoms with van der Waals surface area (Å²) in [7, 11) is 3.67. The van der Waals surface area contributed by atoms with Crippen molar-refractivity contribution in [3.8, 4) is 0 Å². The minimum atomic E-state index is -0.251. The maximum Gasteiger partial charge on any atom is 0.123 e. The maximum atomic E-state index is 13.4. The zero-order valence-electron chi connectivity index (χ0n) is 11.9. The van der Waals surface area contributed by atoms with Crippen molar-refractivity contribution in [1.29, 1.82) is 0 Å². The zero-order valence-corrected chi connectivity index (χ0v) is 13.5. The summed E-state index contributed by atoms with van der Waals surface area (Å²) < 4.78 is 25.6. The number of hydrogen-bond donors (Lipinski definition) is 1. The fourth-order valence-corrected chi connectivity index (χ4v) is 3.29. The first kappa shape index (κ1) is 15.9. The Morgan fingerprint density at radius 1 is 1.45 bits per heavy atom. The van der Waals surface area contributed by atoms with Crippen LogP contribution in [0.5, 0.6) is 0 Å². The van der Waals surface area contributed by atoms with E-state index in [2.05, 4.69) is 21.2 Å². The largest absolute Gasteiger partial charge is 0.381 e. The lowest BCUT2D eigenvalue weighted by Crippen LogP contribution is -2.55. The number of likely N-dealkylation sites (N-methyl/N-ethyl adjacent to an activating group) is 1. The van der Waals surface area contributed by atoms with E-state index in [1.807, 2.05) is 7.05 Å². The van der Waals surface area contributed by atoms with Gasteiger partial charge < -0.3 is 14.8 Å². The molecule has 0 aliphatic carbocycles. The van der Waals surface area contributed by atoms with Gasteiger partial charge in [-0.15, -0.1) is 0 Å². The summed E-state index contributed by atoms with van der Waals surface area (Å²) in [6.45, 7) is 1.41. The number of nitrogens with one attached hydrogen (secondary N) is 1. The van der Waals surface area contributed by atoms with Gasteiger partial charge >= 0.3 is 0 Å². The van der Waals surface area contributed by atoms with Gasteiger partial charge in [0.25, 0.3) is 0 Å². The van der Waals surface area contributed by atoms with E-state index in [1.165, 1.54) is 6.07 Å². The van der Waals surface area contributed by atoms with E-state index in [0.29, 0.717) is 19.6 Å². The van der Waals surface area contributed by atoms with Crippen LogP contribution in [0.1, 0.15) is 18.4 Å². The van der Waals surface area contributed by atoms with E-state index in [1.54, 1.807) is 19.2 Å². The van der Waals surface area contributed by atoms with Crippen LogP contribution >= 0.6 is 15.9 Å². The van der Waals surface area contributed by atoms with Crippen molar-refractivity contribution in [1.82, 2.24) is 5.32 Å². The van der Waals surface area contributed by atoms with Crippen LogP contribution < -0.4 is 5.32 Å². The van der Waals surface area contributed by atoms with E-state index in [0.717, 1.165) is 22.9 Å². The Balaban J connectivity index is 2.21. The van der Waals surface area contributed by atoms with Crippen LogP contribution in [0.4, 0.5) is 4.39 Å². The smallest absolute Gasteiger partial charge is 0.123 e. The molecule has 0 amide bonds. The van der Waals surface area contributed by atoms with Gasteiger partial charge in [0.05, 0.1) is 5.60 Å². The molecule has 3 nitrogen and oxygen atoms in total. The van der Waals surface area contributed by atoms with Gasteiger partial charge in [-0.1, -0.05) is 15.9 Å². The number of ether oxygens (including phenoxy) is 2. The minimum absolute atomic E-state index is 0.120. The van der Waals surface area contributed by atoms with E-state index in [4.69, 9.17) is 9.47 Å². The summed E-state index contributed by atoms with van der Waals surface area (Å²) in [6, 6.07) is 4.91. The lowest BCUT2D eigenvalue weighted by Gasteiger charge is -2.42. The number of halogens is 2. The molecule has 0 spiro atoms. The molecule has 1 heterocycles. The zero-order chi connectivity index (χ0) is 14.6. The first-order valence-corrected chi connectivity index (χ1v) is 7.64. The second-order valence-electron chi connectivity index (χ2n) is 5.16. The Bertz CT molecular complexity index is 449. The molecule has 0 aromatic heterocycles. The predicted molar refractivity (Wildman–Crippen MR) is 80.4 cm³/mol. The average molecular weight is 346 g/mol. The van der Waals surface area contributed by atoms with Crippen LogP contribution in [0.25, 0.3) is 0 Å². The Hall–Kier alpha value is -0.490. The third-order valence-electron chi connectivity index (χ3n) is 4.16. The van der Waals surface area contributed by atoms with E-state index >= 15 is 0 Å². The van der Waals surface area contributed by atoms with Crippen molar-refractivity contribution in [2.75, 3.05) is 27.4 Å². The maximum absolute atomic E-state index is 13.4. The molecule has 1 aromatic rings. The van der Waals surface area contributed by atoms with Crippen molar-refractivity contribution in [2.45, 2.75) is 30.9 Å². The first-order valence-electron chi connectivity index (χ1n) is 6.85. The molecule has 0 bridgehead atoms. The molecule has 0 radical (unpaired) electrons. The predicted octanol–water partition coefficient (Wildman–Crippen LogP) is 2.91. The van der Waals surface area contributed by atoms with Crippen LogP contribution in [0.2, 0.25) is 0 Å². The number of rotatable bonds is 5. The van der Waals surface area contributed by atoms with Gasteiger partial charge in [0.1, 0.15) is 5.82 Å². The van der Waals surface area contributed by atoms with Crippen LogP contribution in [0.15, 0.2) is 22.7 Å². The quantitative estimate of drug-likeness (QED) is 0.889. The Morgan fingerprint density at radius 3 is 2.75 bits per heavy atom. The third-order valence-corrected chi connectivity index (χ3v) is 4.93. The molecule has 0 saturated carbocycles. The molecule has 1 aliphatic heterocycles. The molecular formula is C15H21BrFNO2. The summed E-state index contributed by atoms with van der Waals surface area (Å²) >= 11 is 3.49. The highest BCUT2D eigenvalue weighted by atomic mass is 79.9. The van der Waals surface area contributed by atoms with Crippen LogP contribution in [0.3, 0.4) is 0 Å². The van der Waals surface area contributed by atoms with Crippen LogP contribution in [0, 0.1) is 5.82 Å². The van der Waals surface area contributed by atoms with Gasteiger partial charge in [0, 0.05) is 43.7 Å². The highest BCUT2D eigenvalue weighted by Gasteiger charge is 2.40. The molecule has 1 unspecified atom stereocenters. The molecule has 1 aromatic carbocycles. The molecule has 2 rings (SSSR count). The summed E-state index contributed by atoms with van der Waals surface area (Å²) in [5, 5.41) is 3.33. The summed E-state index contributed by atoms with van der Waals surface area (Å²) in [4.78, 5) is 0. The fraction of sp³-hybridized carbons (Fsp3) is 0.600. The molecule has 5 heteroatoms. The monoisotopic (exact) mass is 345 g/mol. The molecule has 1 N–H and O–H groups in total. The number of hydrogen-bond acceptors (Lipinski definition) is 3. The van der Waals surface area contributed by atoms with E-state index in [-0.39, 0.29) is 17.5 Å². The second kappa shape index (κ2) is 6.98. The van der Waals surface area contributed by atoms with Crippen molar-refractivity contribution in [2.24, 2.45) is 0 Å². The molecular weight excluding hydrogens is 325 g/mol. The molecule has 1 fully saturated rings. The normalized spacial score (nSPS) is 19.8. The number of benzene rings is 1. The van der Waals surface area contributed by atoms with Crippen molar-refractivity contribution < 1.29 is 13.9 Å². The molecule has 1 saturated heterocycles. The topological polar surface area (TPSA) is 30.5 Å². The number of methoxy groups -OCH3 is 1. The van der Waals surface area contributed by atoms with Gasteiger partial charge in [-0.3, -0.25) is 0 Å². The van der Waals surface area contributed by atoms with Gasteiger partial charge in [-0.05, 0) is 37.2 Å². The van der Waals surface area contributed by atoms with Gasteiger partial charge in [0.15, 0.2) is 0 Å². The van der Waals surface area contributed by atoms with Crippen molar-refractivity contribution in [3.63, 3.8) is 0 Å². The summed E-state index contributed by atoms with van der Waals surface area (Å²) in [6.07, 6.45) is 2.41. The molecule has 1 aliphatic rings. The Kier molecular flexibility index (Phi) is 5.55. The lowest BCUT2D eigenvalue weighted by atomic mass is 9.82. The minimum Gasteiger partial charge on any atom is -0.381 e. The molecule has 1 atom stereocenters. The SMILES string of the molecule is CNC(Cc1cc(F)ccc1Br)C1(OC)CCOCC1. The molecule has 20 heavy (non-hydrogen) atoms. The van der Waals surface area contributed by atoms with E-state index < -0.39 is 0 Å². The highest BCUT2D eigenvalue weighted by Crippen LogP contribution is 2.31. The summed E-state index contributed by atoms with van der Waals surface area (Å²) in [5.74, 6) is -0.212. The summed E-state index contributed by atoms with van der Waals surface area (Å²) in [5.41, 5.74) is 0.700. The van der Waals surface area contributed by atoms with Crippen molar-refractivity contribution >= 4 is 15.9 Å². The Morgan fingerprint density at radius 2 is 2.15 bits per heavy atom. The van der Waals surface area contributed by atoms with Crippen molar-refractivity contribution in [3.05, 3.63) is 34.1 Å². The van der Waals surface area contributed by atoms with E-state index in [9.17, 15) is 4.39 Å². The van der Waals surface area contributed by atoms with Crippen LogP contribution in [-0.4, -0.2) is 39.0 Å². The van der Waals surface area contributed by atoms with Gasteiger partial charge in [-0.2, -0.15) is 0 Å². The Labute approximate surface area is 128 Å². The average Bonchev–Trinajstić information content (AvgIpc) is 2.48. The first-order chi connectivity index (χ1) is 9.61. The standard InChI is InChI=1S/C15H21BrFNO2/c1-18-14(15(19-2)5-7-20-8-6-15)10-11-9-12(17)3-4-13(11)16/h3-4,9,14,18H,5-8,10H2,1-2H3. The molecule has 112 valence electrons. The van der Waals surface area contributed by atoms with Crippen LogP contribution in [-0.2, 0) is 15.9 Å². The second-order valence-corrected chi connectivity index (χ2v) is 6.02. The lowest BCUT2D eigenvalue weighted by molar-refractivity contribution is -0.109. The van der Waals surface area contributed by atoms with Gasteiger partial charge in [-0.25, -0.2) is 4.39 Å². The fourth-order valence-electron chi connectivity index (χ4n) is 2.88.